The van der Waals surface area contributed by atoms with Gasteiger partial charge in [-0.1, -0.05) is 31.2 Å². The Morgan fingerprint density at radius 1 is 1.16 bits per heavy atom. The minimum absolute atomic E-state index is 0.0111. The van der Waals surface area contributed by atoms with Crippen molar-refractivity contribution >= 4 is 16.7 Å². The third kappa shape index (κ3) is 5.86. The largest absolute Gasteiger partial charge is 0.493 e. The van der Waals surface area contributed by atoms with Gasteiger partial charge >= 0.3 is 0 Å². The number of methoxy groups -OCH3 is 1. The maximum Gasteiger partial charge on any atom is 0.230 e. The summed E-state index contributed by atoms with van der Waals surface area (Å²) >= 11 is 0. The Morgan fingerprint density at radius 3 is 2.70 bits per heavy atom. The molecule has 1 aliphatic rings. The second-order valence-corrected chi connectivity index (χ2v) is 9.26. The molecule has 3 heterocycles. The van der Waals surface area contributed by atoms with Crippen molar-refractivity contribution in [3.05, 3.63) is 60.2 Å². The van der Waals surface area contributed by atoms with Gasteiger partial charge < -0.3 is 18.9 Å². The number of Topliss-reactive ketones (excluding diaryl/α,β-unsaturated/α-hetero) is 1. The molecule has 0 bridgehead atoms. The molecule has 1 saturated heterocycles. The molecule has 0 spiro atoms. The molecule has 1 atom stereocenters. The summed E-state index contributed by atoms with van der Waals surface area (Å²) in [7, 11) is 1.59. The number of fused-ring (bicyclic) bond motifs is 1. The van der Waals surface area contributed by atoms with Gasteiger partial charge in [0.15, 0.2) is 17.3 Å². The molecule has 1 fully saturated rings. The van der Waals surface area contributed by atoms with Crippen molar-refractivity contribution in [1.29, 1.82) is 0 Å². The molecule has 10 nitrogen and oxygen atoms in total. The number of carbonyl (C=O) groups excluding carboxylic acids is 1. The van der Waals surface area contributed by atoms with Crippen LogP contribution in [0.15, 0.2) is 48.9 Å². The van der Waals surface area contributed by atoms with Crippen LogP contribution in [0.25, 0.3) is 10.9 Å². The van der Waals surface area contributed by atoms with Crippen LogP contribution in [0, 0.1) is 0 Å². The van der Waals surface area contributed by atoms with Crippen molar-refractivity contribution in [3.63, 3.8) is 0 Å². The van der Waals surface area contributed by atoms with E-state index in [9.17, 15) is 4.79 Å². The predicted octanol–water partition coefficient (Wildman–Crippen LogP) is 4.13. The lowest BCUT2D eigenvalue weighted by molar-refractivity contribution is -0.119. The maximum atomic E-state index is 12.5. The first-order valence-electron chi connectivity index (χ1n) is 12.2. The minimum atomic E-state index is -0.0111. The van der Waals surface area contributed by atoms with E-state index >= 15 is 0 Å². The van der Waals surface area contributed by atoms with Crippen molar-refractivity contribution < 1.29 is 23.7 Å². The first-order valence-corrected chi connectivity index (χ1v) is 12.2. The smallest absolute Gasteiger partial charge is 0.230 e. The molecule has 2 aromatic carbocycles. The molecule has 0 saturated carbocycles. The summed E-state index contributed by atoms with van der Waals surface area (Å²) in [5.74, 6) is 2.49. The third-order valence-electron chi connectivity index (χ3n) is 6.09. The first kappa shape index (κ1) is 24.6. The third-order valence-corrected chi connectivity index (χ3v) is 6.09. The average Bonchev–Trinajstić information content (AvgIpc) is 3.57. The minimum Gasteiger partial charge on any atom is -0.493 e. The Hall–Kier alpha value is -4.05. The number of carbonyl (C=O) groups is 1. The van der Waals surface area contributed by atoms with Crippen LogP contribution < -0.4 is 14.2 Å². The Kier molecular flexibility index (Phi) is 7.27. The molecule has 0 radical (unpaired) electrons. The van der Waals surface area contributed by atoms with E-state index in [0.29, 0.717) is 53.7 Å². The van der Waals surface area contributed by atoms with Gasteiger partial charge in [0.1, 0.15) is 24.7 Å². The Balaban J connectivity index is 1.27. The van der Waals surface area contributed by atoms with Crippen LogP contribution in [0.3, 0.4) is 0 Å². The van der Waals surface area contributed by atoms with E-state index in [-0.39, 0.29) is 24.3 Å². The maximum absolute atomic E-state index is 12.5. The Bertz CT molecular complexity index is 1380. The van der Waals surface area contributed by atoms with Gasteiger partial charge in [0.25, 0.3) is 0 Å². The van der Waals surface area contributed by atoms with Crippen molar-refractivity contribution in [2.75, 3.05) is 20.3 Å². The molecule has 0 unspecified atom stereocenters. The summed E-state index contributed by atoms with van der Waals surface area (Å²) in [5.41, 5.74) is 2.43. The highest BCUT2D eigenvalue weighted by molar-refractivity contribution is 5.87. The molecule has 37 heavy (non-hydrogen) atoms. The standard InChI is InChI=1S/C27H29N5O5/c1-17(2)24-14-32(31-30-24)13-19(33)10-18-4-6-20(7-5-18)37-27-22-11-25(34-3)26(12-23(22)28-16-29-27)36-21-8-9-35-15-21/h4-7,11-12,14,16-17,21H,8-10,13,15H2,1-3H3/t21-/m1/s1. The highest BCUT2D eigenvalue weighted by Gasteiger charge is 2.21. The summed E-state index contributed by atoms with van der Waals surface area (Å²) in [6.45, 7) is 5.51. The SMILES string of the molecule is COc1cc2c(Oc3ccc(CC(=O)Cn4cc(C(C)C)nn4)cc3)ncnc2cc1O[C@@H]1CCOC1. The molecular weight excluding hydrogens is 474 g/mol. The Labute approximate surface area is 214 Å². The average molecular weight is 504 g/mol. The van der Waals surface area contributed by atoms with Gasteiger partial charge in [0.2, 0.25) is 5.88 Å². The van der Waals surface area contributed by atoms with Crippen molar-refractivity contribution in [2.45, 2.75) is 45.3 Å². The van der Waals surface area contributed by atoms with Gasteiger partial charge in [0.05, 0.1) is 36.9 Å². The summed E-state index contributed by atoms with van der Waals surface area (Å²) in [4.78, 5) is 21.2. The monoisotopic (exact) mass is 503 g/mol. The van der Waals surface area contributed by atoms with E-state index in [1.807, 2.05) is 56.4 Å². The van der Waals surface area contributed by atoms with Crippen LogP contribution in [0.1, 0.15) is 37.4 Å². The fourth-order valence-electron chi connectivity index (χ4n) is 4.07. The molecule has 1 aliphatic heterocycles. The van der Waals surface area contributed by atoms with Crippen LogP contribution >= 0.6 is 0 Å². The number of rotatable bonds is 10. The number of hydrogen-bond acceptors (Lipinski definition) is 9. The normalized spacial score (nSPS) is 15.3. The molecule has 5 rings (SSSR count). The van der Waals surface area contributed by atoms with Gasteiger partial charge in [-0.25, -0.2) is 14.6 Å². The lowest BCUT2D eigenvalue weighted by Gasteiger charge is -2.16. The number of ketones is 1. The highest BCUT2D eigenvalue weighted by atomic mass is 16.6. The highest BCUT2D eigenvalue weighted by Crippen LogP contribution is 2.37. The summed E-state index contributed by atoms with van der Waals surface area (Å²) < 4.78 is 24.7. The summed E-state index contributed by atoms with van der Waals surface area (Å²) in [6, 6.07) is 11.0. The second-order valence-electron chi connectivity index (χ2n) is 9.26. The number of ether oxygens (including phenoxy) is 4. The zero-order valence-electron chi connectivity index (χ0n) is 21.1. The van der Waals surface area contributed by atoms with Crippen LogP contribution in [-0.2, 0) is 22.5 Å². The van der Waals surface area contributed by atoms with Crippen molar-refractivity contribution in [3.8, 4) is 23.1 Å². The van der Waals surface area contributed by atoms with E-state index in [0.717, 1.165) is 17.7 Å². The van der Waals surface area contributed by atoms with Crippen molar-refractivity contribution in [1.82, 2.24) is 25.0 Å². The van der Waals surface area contributed by atoms with Gasteiger partial charge in [-0.3, -0.25) is 4.79 Å². The molecule has 10 heteroatoms. The molecule has 192 valence electrons. The molecule has 0 N–H and O–H groups in total. The van der Waals surface area contributed by atoms with E-state index in [1.165, 1.54) is 6.33 Å². The van der Waals surface area contributed by atoms with Crippen LogP contribution in [0.5, 0.6) is 23.1 Å². The zero-order valence-corrected chi connectivity index (χ0v) is 21.1. The predicted molar refractivity (Wildman–Crippen MR) is 135 cm³/mol. The second kappa shape index (κ2) is 10.9. The zero-order chi connectivity index (χ0) is 25.8. The molecule has 0 aliphatic carbocycles. The van der Waals surface area contributed by atoms with Gasteiger partial charge in [-0.05, 0) is 29.7 Å². The number of aromatic nitrogens is 5. The Morgan fingerprint density at radius 2 is 2.00 bits per heavy atom. The quantitative estimate of drug-likeness (QED) is 0.315. The number of nitrogens with zero attached hydrogens (tertiary/aromatic N) is 5. The van der Waals surface area contributed by atoms with Gasteiger partial charge in [-0.2, -0.15) is 0 Å². The first-order chi connectivity index (χ1) is 18.0. The summed E-state index contributed by atoms with van der Waals surface area (Å²) in [6.07, 6.45) is 4.39. The molecular formula is C27H29N5O5. The van der Waals surface area contributed by atoms with E-state index in [1.54, 1.807) is 11.8 Å². The lowest BCUT2D eigenvalue weighted by Crippen LogP contribution is -2.16. The van der Waals surface area contributed by atoms with E-state index in [4.69, 9.17) is 18.9 Å². The fourth-order valence-corrected chi connectivity index (χ4v) is 4.07. The molecule has 0 amide bonds. The topological polar surface area (TPSA) is 110 Å². The van der Waals surface area contributed by atoms with Gasteiger partial charge in [-0.15, -0.1) is 5.10 Å². The lowest BCUT2D eigenvalue weighted by atomic mass is 10.1. The van der Waals surface area contributed by atoms with Crippen LogP contribution in [0.2, 0.25) is 0 Å². The molecule has 4 aromatic rings. The summed E-state index contributed by atoms with van der Waals surface area (Å²) in [5, 5.41) is 8.84. The van der Waals surface area contributed by atoms with Crippen LogP contribution in [0.4, 0.5) is 0 Å². The number of benzene rings is 2. The van der Waals surface area contributed by atoms with E-state index < -0.39 is 0 Å². The fraction of sp³-hybridized carbons (Fsp3) is 0.370. The van der Waals surface area contributed by atoms with Crippen molar-refractivity contribution in [2.24, 2.45) is 0 Å². The van der Waals surface area contributed by atoms with E-state index in [2.05, 4.69) is 20.3 Å². The number of hydrogen-bond donors (Lipinski definition) is 0. The molecule has 2 aromatic heterocycles. The van der Waals surface area contributed by atoms with Gasteiger partial charge in [0, 0.05) is 25.1 Å². The van der Waals surface area contributed by atoms with Crippen LogP contribution in [-0.4, -0.2) is 57.2 Å².